The smallest absolute Gasteiger partial charge is 0.332 e. The number of amides is 2. The molecule has 0 heterocycles. The van der Waals surface area contributed by atoms with Crippen LogP contribution >= 0.6 is 11.6 Å². The molecule has 9 nitrogen and oxygen atoms in total. The van der Waals surface area contributed by atoms with E-state index in [1.165, 1.54) is 6.07 Å². The molecule has 0 aliphatic carbocycles. The van der Waals surface area contributed by atoms with Crippen molar-refractivity contribution in [3.8, 4) is 11.5 Å². The summed E-state index contributed by atoms with van der Waals surface area (Å²) in [5, 5.41) is 12.4. The Labute approximate surface area is 213 Å². The number of unbranched alkanes of at least 4 members (excludes halogenated alkanes) is 1. The molecule has 36 heavy (non-hydrogen) atoms. The first kappa shape index (κ1) is 26.8. The van der Waals surface area contributed by atoms with Crippen LogP contribution in [0.1, 0.15) is 18.4 Å². The zero-order chi connectivity index (χ0) is 26.1. The molecule has 3 aromatic carbocycles. The van der Waals surface area contributed by atoms with Gasteiger partial charge in [0, 0.05) is 11.3 Å². The van der Waals surface area contributed by atoms with E-state index in [4.69, 9.17) is 32.2 Å². The molecule has 190 valence electrons. The van der Waals surface area contributed by atoms with E-state index >= 15 is 0 Å². The lowest BCUT2D eigenvalue weighted by atomic mass is 10.2. The van der Waals surface area contributed by atoms with Crippen LogP contribution < -0.4 is 25.8 Å². The first-order chi connectivity index (χ1) is 17.1. The van der Waals surface area contributed by atoms with Crippen molar-refractivity contribution >= 4 is 45.1 Å². The van der Waals surface area contributed by atoms with E-state index in [9.17, 15) is 17.1 Å². The van der Waals surface area contributed by atoms with Crippen LogP contribution in [0.2, 0.25) is 5.02 Å². The van der Waals surface area contributed by atoms with Gasteiger partial charge < -0.3 is 25.8 Å². The van der Waals surface area contributed by atoms with Crippen molar-refractivity contribution in [2.75, 3.05) is 23.8 Å². The van der Waals surface area contributed by atoms with Crippen LogP contribution in [0.25, 0.3) is 0 Å². The number of carbonyl (C=O) groups excluding carboxylic acids is 1. The van der Waals surface area contributed by atoms with Crippen molar-refractivity contribution in [2.24, 2.45) is 5.73 Å². The first-order valence-corrected chi connectivity index (χ1v) is 12.5. The Bertz CT molecular complexity index is 1320. The second kappa shape index (κ2) is 12.2. The van der Waals surface area contributed by atoms with Gasteiger partial charge in [0.25, 0.3) is 0 Å². The highest BCUT2D eigenvalue weighted by atomic mass is 35.5. The molecule has 5 N–H and O–H groups in total. The molecular weight excluding hydrogens is 511 g/mol. The molecule has 0 bridgehead atoms. The van der Waals surface area contributed by atoms with E-state index in [0.29, 0.717) is 36.0 Å². The summed E-state index contributed by atoms with van der Waals surface area (Å²) in [6, 6.07) is 16.1. The number of nitrogens with two attached hydrogens (primary N) is 1. The number of urea groups is 1. The number of anilines is 2. The molecule has 0 radical (unpaired) electrons. The van der Waals surface area contributed by atoms with E-state index in [1.807, 2.05) is 0 Å². The highest BCUT2D eigenvalue weighted by molar-refractivity contribution is 7.86. The minimum Gasteiger partial charge on any atom is -0.494 e. The summed E-state index contributed by atoms with van der Waals surface area (Å²) in [7, 11) is -4.93. The van der Waals surface area contributed by atoms with E-state index in [2.05, 4.69) is 10.6 Å². The number of nitrogens with one attached hydrogen (secondary N) is 3. The van der Waals surface area contributed by atoms with E-state index in [1.54, 1.807) is 48.5 Å². The highest BCUT2D eigenvalue weighted by Crippen LogP contribution is 2.26. The Hall–Kier alpha value is -3.83. The molecule has 2 amide bonds. The Morgan fingerprint density at radius 2 is 1.47 bits per heavy atom. The lowest BCUT2D eigenvalue weighted by Gasteiger charge is -2.11. The Morgan fingerprint density at radius 3 is 2.00 bits per heavy atom. The van der Waals surface area contributed by atoms with Crippen LogP contribution in [0.5, 0.6) is 11.5 Å². The van der Waals surface area contributed by atoms with Crippen molar-refractivity contribution < 1.29 is 26.6 Å². The number of nitrogen functional groups attached to an aromatic ring is 1. The number of hydrogen-bond donors (Lipinski definition) is 4. The Balaban J connectivity index is 1.39. The molecule has 0 fully saturated rings. The quantitative estimate of drug-likeness (QED) is 0.116. The van der Waals surface area contributed by atoms with Crippen LogP contribution in [0.15, 0.2) is 71.6 Å². The average molecular weight is 535 g/mol. The van der Waals surface area contributed by atoms with Gasteiger partial charge in [-0.2, -0.15) is 8.42 Å². The third-order valence-electron chi connectivity index (χ3n) is 4.82. The summed E-state index contributed by atoms with van der Waals surface area (Å²) in [5.41, 5.74) is 6.47. The van der Waals surface area contributed by atoms with Gasteiger partial charge in [0.05, 0.1) is 23.9 Å². The van der Waals surface area contributed by atoms with Crippen molar-refractivity contribution in [3.05, 3.63) is 77.3 Å². The van der Waals surface area contributed by atoms with E-state index in [-0.39, 0.29) is 16.5 Å². The zero-order valence-electron chi connectivity index (χ0n) is 19.0. The average Bonchev–Trinajstić information content (AvgIpc) is 2.83. The molecule has 0 unspecified atom stereocenters. The highest BCUT2D eigenvalue weighted by Gasteiger charge is 2.15. The predicted octanol–water partition coefficient (Wildman–Crippen LogP) is 5.16. The van der Waals surface area contributed by atoms with Crippen molar-refractivity contribution in [1.29, 1.82) is 5.41 Å². The van der Waals surface area contributed by atoms with Crippen molar-refractivity contribution in [2.45, 2.75) is 17.7 Å². The zero-order valence-corrected chi connectivity index (χ0v) is 20.5. The molecule has 3 aromatic rings. The topological polar surface area (TPSA) is 144 Å². The standard InChI is InChI=1S/C24H24ClFN4O5S/c25-21-12-11-20(36(26,32)33)15-22(21)30-24(31)29-17-5-9-19(10-6-17)35-14-2-1-13-34-18-7-3-16(4-8-18)23(27)28/h3-12,15H,1-2,13-14H2,(H3,27,28)(H2,29,30,31). The predicted molar refractivity (Wildman–Crippen MR) is 137 cm³/mol. The normalized spacial score (nSPS) is 10.9. The molecule has 0 saturated heterocycles. The molecule has 0 saturated carbocycles. The summed E-state index contributed by atoms with van der Waals surface area (Å²) in [5.74, 6) is 1.33. The number of hydrogen-bond acceptors (Lipinski definition) is 6. The molecule has 0 aromatic heterocycles. The van der Waals surface area contributed by atoms with E-state index in [0.717, 1.165) is 25.0 Å². The summed E-state index contributed by atoms with van der Waals surface area (Å²) in [6.45, 7) is 0.997. The lowest BCUT2D eigenvalue weighted by Crippen LogP contribution is -2.19. The van der Waals surface area contributed by atoms with Crippen LogP contribution in [0.4, 0.5) is 20.1 Å². The molecule has 3 rings (SSSR count). The number of halogens is 2. The first-order valence-electron chi connectivity index (χ1n) is 10.7. The summed E-state index contributed by atoms with van der Waals surface area (Å²) in [4.78, 5) is 11.6. The summed E-state index contributed by atoms with van der Waals surface area (Å²) in [6.07, 6.45) is 1.55. The fourth-order valence-corrected chi connectivity index (χ4v) is 3.64. The van der Waals surface area contributed by atoms with E-state index < -0.39 is 21.1 Å². The van der Waals surface area contributed by atoms with Gasteiger partial charge >= 0.3 is 16.3 Å². The number of benzene rings is 3. The van der Waals surface area contributed by atoms with Gasteiger partial charge in [-0.3, -0.25) is 5.41 Å². The molecule has 12 heteroatoms. The molecule has 0 aliphatic heterocycles. The Kier molecular flexibility index (Phi) is 9.09. The lowest BCUT2D eigenvalue weighted by molar-refractivity contribution is 0.262. The molecular formula is C24H24ClFN4O5S. The molecule has 0 spiro atoms. The number of carbonyl (C=O) groups is 1. The van der Waals surface area contributed by atoms with Gasteiger partial charge in [0.15, 0.2) is 0 Å². The van der Waals surface area contributed by atoms with Crippen LogP contribution in [-0.2, 0) is 10.2 Å². The maximum Gasteiger partial charge on any atom is 0.332 e. The maximum absolute atomic E-state index is 13.2. The molecule has 0 atom stereocenters. The van der Waals surface area contributed by atoms with Crippen LogP contribution in [-0.4, -0.2) is 33.5 Å². The van der Waals surface area contributed by atoms with Crippen LogP contribution in [0, 0.1) is 5.41 Å². The van der Waals surface area contributed by atoms with Gasteiger partial charge in [0.2, 0.25) is 0 Å². The third kappa shape index (κ3) is 8.14. The van der Waals surface area contributed by atoms with Gasteiger partial charge in [0.1, 0.15) is 22.2 Å². The van der Waals surface area contributed by atoms with Gasteiger partial charge in [-0.05, 0) is 79.6 Å². The summed E-state index contributed by atoms with van der Waals surface area (Å²) >= 11 is 5.95. The third-order valence-corrected chi connectivity index (χ3v) is 5.97. The van der Waals surface area contributed by atoms with Crippen LogP contribution in [0.3, 0.4) is 0 Å². The SMILES string of the molecule is N=C(N)c1ccc(OCCCCOc2ccc(NC(=O)Nc3cc(S(=O)(=O)F)ccc3Cl)cc2)cc1. The monoisotopic (exact) mass is 534 g/mol. The second-order valence-electron chi connectivity index (χ2n) is 7.53. The van der Waals surface area contributed by atoms with Gasteiger partial charge in [-0.1, -0.05) is 11.6 Å². The molecule has 0 aliphatic rings. The van der Waals surface area contributed by atoms with Gasteiger partial charge in [-0.25, -0.2) is 4.79 Å². The fraction of sp³-hybridized carbons (Fsp3) is 0.167. The summed E-state index contributed by atoms with van der Waals surface area (Å²) < 4.78 is 46.6. The fourth-order valence-electron chi connectivity index (χ4n) is 2.99. The minimum absolute atomic E-state index is 0.00987. The maximum atomic E-state index is 13.2. The second-order valence-corrected chi connectivity index (χ2v) is 9.28. The number of rotatable bonds is 11. The van der Waals surface area contributed by atoms with Crippen molar-refractivity contribution in [1.82, 2.24) is 0 Å². The number of ether oxygens (including phenoxy) is 2. The Morgan fingerprint density at radius 1 is 0.917 bits per heavy atom. The van der Waals surface area contributed by atoms with Crippen molar-refractivity contribution in [3.63, 3.8) is 0 Å². The minimum atomic E-state index is -4.93. The largest absolute Gasteiger partial charge is 0.494 e. The number of amidine groups is 1. The van der Waals surface area contributed by atoms with Gasteiger partial charge in [-0.15, -0.1) is 3.89 Å².